The summed E-state index contributed by atoms with van der Waals surface area (Å²) in [5.41, 5.74) is 2.72. The van der Waals surface area contributed by atoms with Gasteiger partial charge in [-0.2, -0.15) is 11.3 Å². The number of carbonyl (C=O) groups excluding carboxylic acids is 1. The third-order valence-corrected chi connectivity index (χ3v) is 7.65. The molecule has 0 bridgehead atoms. The zero-order valence-electron chi connectivity index (χ0n) is 14.2. The summed E-state index contributed by atoms with van der Waals surface area (Å²) < 4.78 is 30.6. The first kappa shape index (κ1) is 18.1. The SMILES string of the molecule is O=C(OCc1csc(-c2ccsc2)n1)c1ccc(N2CCCS2(=O)=O)cc1. The Balaban J connectivity index is 1.39. The molecule has 1 aliphatic heterocycles. The molecule has 1 fully saturated rings. The molecule has 2 aromatic heterocycles. The van der Waals surface area contributed by atoms with Crippen LogP contribution in [-0.2, 0) is 21.4 Å². The standard InChI is InChI=1S/C18H16N2O4S3/c21-18(24-10-15-12-26-17(19-15)14-6-8-25-11-14)13-2-4-16(5-3-13)20-7-1-9-27(20,22)23/h2-6,8,11-12H,1,7,9-10H2. The Morgan fingerprint density at radius 3 is 2.67 bits per heavy atom. The highest BCUT2D eigenvalue weighted by Gasteiger charge is 2.28. The topological polar surface area (TPSA) is 76.6 Å². The van der Waals surface area contributed by atoms with Crippen LogP contribution in [0.25, 0.3) is 10.6 Å². The lowest BCUT2D eigenvalue weighted by Gasteiger charge is -2.16. The molecule has 3 heterocycles. The molecule has 0 saturated carbocycles. The van der Waals surface area contributed by atoms with Crippen molar-refractivity contribution in [2.45, 2.75) is 13.0 Å². The number of benzene rings is 1. The van der Waals surface area contributed by atoms with Gasteiger partial charge in [0.2, 0.25) is 10.0 Å². The number of ether oxygens (including phenoxy) is 1. The smallest absolute Gasteiger partial charge is 0.338 e. The van der Waals surface area contributed by atoms with Crippen LogP contribution >= 0.6 is 22.7 Å². The maximum atomic E-state index is 12.2. The molecule has 140 valence electrons. The van der Waals surface area contributed by atoms with E-state index in [9.17, 15) is 13.2 Å². The number of rotatable bonds is 5. The van der Waals surface area contributed by atoms with Gasteiger partial charge in [0.25, 0.3) is 0 Å². The molecule has 1 saturated heterocycles. The lowest BCUT2D eigenvalue weighted by Crippen LogP contribution is -2.25. The van der Waals surface area contributed by atoms with Crippen molar-refractivity contribution >= 4 is 44.4 Å². The Kier molecular flexibility index (Phi) is 4.98. The molecule has 0 radical (unpaired) electrons. The maximum absolute atomic E-state index is 12.2. The molecule has 6 nitrogen and oxygen atoms in total. The van der Waals surface area contributed by atoms with Crippen molar-refractivity contribution in [3.63, 3.8) is 0 Å². The zero-order chi connectivity index (χ0) is 18.9. The Hall–Kier alpha value is -2.23. The minimum Gasteiger partial charge on any atom is -0.456 e. The highest BCUT2D eigenvalue weighted by molar-refractivity contribution is 7.93. The normalized spacial score (nSPS) is 15.8. The summed E-state index contributed by atoms with van der Waals surface area (Å²) in [5, 5.41) is 6.80. The lowest BCUT2D eigenvalue weighted by molar-refractivity contribution is 0.0468. The summed E-state index contributed by atoms with van der Waals surface area (Å²) in [4.78, 5) is 16.7. The first-order valence-corrected chi connectivity index (χ1v) is 11.7. The van der Waals surface area contributed by atoms with E-state index in [1.807, 2.05) is 22.2 Å². The third-order valence-electron chi connectivity index (χ3n) is 4.16. The minimum atomic E-state index is -3.23. The fourth-order valence-electron chi connectivity index (χ4n) is 2.81. The van der Waals surface area contributed by atoms with E-state index in [4.69, 9.17) is 4.74 Å². The van der Waals surface area contributed by atoms with Crippen LogP contribution in [0.2, 0.25) is 0 Å². The number of hydrogen-bond donors (Lipinski definition) is 0. The third kappa shape index (κ3) is 3.90. The molecule has 0 amide bonds. The van der Waals surface area contributed by atoms with Crippen molar-refractivity contribution in [3.05, 3.63) is 57.7 Å². The number of carbonyl (C=O) groups is 1. The molecule has 0 aliphatic carbocycles. The van der Waals surface area contributed by atoms with Crippen molar-refractivity contribution in [1.82, 2.24) is 4.98 Å². The van der Waals surface area contributed by atoms with Crippen LogP contribution in [0.15, 0.2) is 46.5 Å². The van der Waals surface area contributed by atoms with Crippen molar-refractivity contribution in [2.24, 2.45) is 0 Å². The van der Waals surface area contributed by atoms with E-state index in [-0.39, 0.29) is 12.4 Å². The zero-order valence-corrected chi connectivity index (χ0v) is 16.6. The second-order valence-corrected chi connectivity index (χ2v) is 9.67. The summed E-state index contributed by atoms with van der Waals surface area (Å²) in [6.07, 6.45) is 0.618. The van der Waals surface area contributed by atoms with E-state index in [2.05, 4.69) is 4.98 Å². The van der Waals surface area contributed by atoms with Crippen LogP contribution < -0.4 is 4.31 Å². The van der Waals surface area contributed by atoms with Gasteiger partial charge in [0.1, 0.15) is 11.6 Å². The fourth-order valence-corrected chi connectivity index (χ4v) is 5.89. The van der Waals surface area contributed by atoms with Crippen molar-refractivity contribution < 1.29 is 17.9 Å². The summed E-state index contributed by atoms with van der Waals surface area (Å²) in [7, 11) is -3.23. The highest BCUT2D eigenvalue weighted by atomic mass is 32.2. The number of aromatic nitrogens is 1. The molecular formula is C18H16N2O4S3. The monoisotopic (exact) mass is 420 g/mol. The van der Waals surface area contributed by atoms with Crippen molar-refractivity contribution in [3.8, 4) is 10.6 Å². The van der Waals surface area contributed by atoms with Crippen LogP contribution in [0.5, 0.6) is 0 Å². The number of anilines is 1. The molecule has 1 aromatic carbocycles. The molecule has 1 aliphatic rings. The van der Waals surface area contributed by atoms with E-state index < -0.39 is 16.0 Å². The lowest BCUT2D eigenvalue weighted by atomic mass is 10.2. The second-order valence-electron chi connectivity index (χ2n) is 6.02. The number of sulfonamides is 1. The molecule has 3 aromatic rings. The number of thiophene rings is 1. The van der Waals surface area contributed by atoms with Gasteiger partial charge in [-0.15, -0.1) is 11.3 Å². The molecule has 9 heteroatoms. The fraction of sp³-hybridized carbons (Fsp3) is 0.222. The molecule has 0 unspecified atom stereocenters. The Morgan fingerprint density at radius 1 is 1.19 bits per heavy atom. The quantitative estimate of drug-likeness (QED) is 0.587. The van der Waals surface area contributed by atoms with E-state index in [1.165, 1.54) is 15.6 Å². The number of esters is 1. The van der Waals surface area contributed by atoms with Gasteiger partial charge in [0.15, 0.2) is 0 Å². The van der Waals surface area contributed by atoms with Gasteiger partial charge >= 0.3 is 5.97 Å². The second kappa shape index (κ2) is 7.41. The minimum absolute atomic E-state index is 0.0989. The van der Waals surface area contributed by atoms with Crippen LogP contribution in [0.4, 0.5) is 5.69 Å². The number of thiazole rings is 1. The molecule has 0 spiro atoms. The van der Waals surface area contributed by atoms with Gasteiger partial charge in [-0.25, -0.2) is 18.2 Å². The number of nitrogens with zero attached hydrogens (tertiary/aromatic N) is 2. The summed E-state index contributed by atoms with van der Waals surface area (Å²) in [6.45, 7) is 0.574. The van der Waals surface area contributed by atoms with Crippen molar-refractivity contribution in [1.29, 1.82) is 0 Å². The van der Waals surface area contributed by atoms with Gasteiger partial charge in [0.05, 0.1) is 22.7 Å². The van der Waals surface area contributed by atoms with Crippen molar-refractivity contribution in [2.75, 3.05) is 16.6 Å². The van der Waals surface area contributed by atoms with Crippen LogP contribution in [0.1, 0.15) is 22.5 Å². The summed E-state index contributed by atoms with van der Waals surface area (Å²) >= 11 is 3.12. The summed E-state index contributed by atoms with van der Waals surface area (Å²) in [5.74, 6) is -0.298. The van der Waals surface area contributed by atoms with Crippen LogP contribution in [0.3, 0.4) is 0 Å². The first-order chi connectivity index (χ1) is 13.0. The largest absolute Gasteiger partial charge is 0.456 e. The molecule has 0 atom stereocenters. The average molecular weight is 421 g/mol. The Bertz CT molecular complexity index is 1040. The average Bonchev–Trinajstić information content (AvgIpc) is 3.40. The molecule has 27 heavy (non-hydrogen) atoms. The molecular weight excluding hydrogens is 404 g/mol. The van der Waals surface area contributed by atoms with E-state index in [0.717, 1.165) is 10.6 Å². The predicted molar refractivity (Wildman–Crippen MR) is 107 cm³/mol. The molecule has 4 rings (SSSR count). The maximum Gasteiger partial charge on any atom is 0.338 e. The van der Waals surface area contributed by atoms with Gasteiger partial charge in [-0.05, 0) is 42.1 Å². The van der Waals surface area contributed by atoms with E-state index in [1.54, 1.807) is 35.6 Å². The Labute approximate surface area is 165 Å². The first-order valence-electron chi connectivity index (χ1n) is 8.27. The van der Waals surface area contributed by atoms with Crippen LogP contribution in [0, 0.1) is 0 Å². The Morgan fingerprint density at radius 2 is 2.00 bits per heavy atom. The highest BCUT2D eigenvalue weighted by Crippen LogP contribution is 2.26. The predicted octanol–water partition coefficient (Wildman–Crippen LogP) is 3.77. The van der Waals surface area contributed by atoms with Gasteiger partial charge in [0, 0.05) is 22.9 Å². The van der Waals surface area contributed by atoms with E-state index in [0.29, 0.717) is 29.9 Å². The molecule has 0 N–H and O–H groups in total. The van der Waals surface area contributed by atoms with Gasteiger partial charge in [-0.1, -0.05) is 0 Å². The van der Waals surface area contributed by atoms with E-state index >= 15 is 0 Å². The van der Waals surface area contributed by atoms with Gasteiger partial charge < -0.3 is 4.74 Å². The summed E-state index contributed by atoms with van der Waals surface area (Å²) in [6, 6.07) is 8.45. The number of hydrogen-bond acceptors (Lipinski definition) is 7. The van der Waals surface area contributed by atoms with Gasteiger partial charge in [-0.3, -0.25) is 4.31 Å². The van der Waals surface area contributed by atoms with Crippen LogP contribution in [-0.4, -0.2) is 31.7 Å².